The Hall–Kier alpha value is -2.11. The molecule has 6 nitrogen and oxygen atoms in total. The van der Waals surface area contributed by atoms with Crippen molar-refractivity contribution in [3.05, 3.63) is 35.5 Å². The van der Waals surface area contributed by atoms with Gasteiger partial charge >= 0.3 is 0 Å². The van der Waals surface area contributed by atoms with Crippen LogP contribution in [0.25, 0.3) is 0 Å². The smallest absolute Gasteiger partial charge is 0.276 e. The van der Waals surface area contributed by atoms with Crippen LogP contribution < -0.4 is 0 Å². The second kappa shape index (κ2) is 6.56. The van der Waals surface area contributed by atoms with Gasteiger partial charge in [-0.1, -0.05) is 31.8 Å². The van der Waals surface area contributed by atoms with Crippen molar-refractivity contribution in [1.29, 1.82) is 0 Å². The summed E-state index contributed by atoms with van der Waals surface area (Å²) in [6, 6.07) is 1.84. The molecule has 0 bridgehead atoms. The number of carbonyl (C=O) groups is 1. The maximum absolute atomic E-state index is 13.0. The molecule has 6 heteroatoms. The van der Waals surface area contributed by atoms with Gasteiger partial charge in [0.1, 0.15) is 5.76 Å². The van der Waals surface area contributed by atoms with Gasteiger partial charge in [0.25, 0.3) is 5.91 Å². The molecule has 124 valence electrons. The Balaban J connectivity index is 1.87. The molecule has 1 aliphatic rings. The van der Waals surface area contributed by atoms with E-state index in [1.165, 1.54) is 0 Å². The van der Waals surface area contributed by atoms with Gasteiger partial charge in [0.05, 0.1) is 12.2 Å². The Morgan fingerprint density at radius 1 is 1.35 bits per heavy atom. The number of rotatable bonds is 3. The topological polar surface area (TPSA) is 64.2 Å². The molecule has 2 aromatic rings. The van der Waals surface area contributed by atoms with Crippen molar-refractivity contribution < 1.29 is 9.32 Å². The number of nitrogens with zero attached hydrogens (tertiary/aromatic N) is 4. The van der Waals surface area contributed by atoms with Gasteiger partial charge in [0, 0.05) is 37.3 Å². The molecular formula is C17H24N4O2. The highest BCUT2D eigenvalue weighted by Crippen LogP contribution is 2.31. The van der Waals surface area contributed by atoms with Crippen molar-refractivity contribution in [2.75, 3.05) is 6.54 Å². The highest BCUT2D eigenvalue weighted by atomic mass is 16.5. The van der Waals surface area contributed by atoms with E-state index in [2.05, 4.69) is 10.3 Å². The first-order valence-corrected chi connectivity index (χ1v) is 8.32. The monoisotopic (exact) mass is 316 g/mol. The summed E-state index contributed by atoms with van der Waals surface area (Å²) in [6.45, 7) is 4.81. The number of aromatic nitrogens is 3. The second-order valence-electron chi connectivity index (χ2n) is 6.58. The maximum atomic E-state index is 13.0. The van der Waals surface area contributed by atoms with Crippen LogP contribution in [0.15, 0.2) is 23.0 Å². The lowest BCUT2D eigenvalue weighted by Gasteiger charge is -2.28. The fraction of sp³-hybridized carbons (Fsp3) is 0.588. The number of hydrogen-bond acceptors (Lipinski definition) is 4. The highest BCUT2D eigenvalue weighted by molar-refractivity contribution is 5.92. The van der Waals surface area contributed by atoms with Gasteiger partial charge in [-0.2, -0.15) is 5.10 Å². The van der Waals surface area contributed by atoms with Crippen LogP contribution in [0.3, 0.4) is 0 Å². The molecule has 0 radical (unpaired) electrons. The largest absolute Gasteiger partial charge is 0.360 e. The maximum Gasteiger partial charge on any atom is 0.276 e. The molecular weight excluding hydrogens is 292 g/mol. The average molecular weight is 316 g/mol. The van der Waals surface area contributed by atoms with E-state index in [0.29, 0.717) is 5.69 Å². The molecule has 2 aromatic heterocycles. The molecule has 0 aliphatic carbocycles. The zero-order chi connectivity index (χ0) is 16.4. The van der Waals surface area contributed by atoms with Gasteiger partial charge < -0.3 is 9.42 Å². The van der Waals surface area contributed by atoms with Gasteiger partial charge in [-0.05, 0) is 12.8 Å². The van der Waals surface area contributed by atoms with Gasteiger partial charge in [0.15, 0.2) is 5.69 Å². The molecule has 1 aliphatic heterocycles. The number of hydrogen-bond donors (Lipinski definition) is 0. The summed E-state index contributed by atoms with van der Waals surface area (Å²) in [7, 11) is 1.90. The zero-order valence-corrected chi connectivity index (χ0v) is 14.0. The lowest BCUT2D eigenvalue weighted by molar-refractivity contribution is 0.0670. The highest BCUT2D eigenvalue weighted by Gasteiger charge is 2.30. The summed E-state index contributed by atoms with van der Waals surface area (Å²) in [5, 5.41) is 8.25. The fourth-order valence-corrected chi connectivity index (χ4v) is 3.12. The standard InChI is InChI=1S/C17H24N4O2/c1-12(2)16-9-14(19-23-16)17(22)21-8-6-4-5-7-15(21)13-10-18-20(3)11-13/h9-12,15H,4-8H2,1-3H3/t15-/m0/s1. The van der Waals surface area contributed by atoms with Crippen LogP contribution in [0, 0.1) is 0 Å². The molecule has 1 atom stereocenters. The van der Waals surface area contributed by atoms with Crippen molar-refractivity contribution in [3.63, 3.8) is 0 Å². The van der Waals surface area contributed by atoms with Gasteiger partial charge in [-0.25, -0.2) is 0 Å². The lowest BCUT2D eigenvalue weighted by Crippen LogP contribution is -2.34. The van der Waals surface area contributed by atoms with E-state index < -0.39 is 0 Å². The third kappa shape index (κ3) is 3.30. The third-order valence-electron chi connectivity index (χ3n) is 4.44. The van der Waals surface area contributed by atoms with Crippen LogP contribution in [0.2, 0.25) is 0 Å². The van der Waals surface area contributed by atoms with Crippen LogP contribution >= 0.6 is 0 Å². The van der Waals surface area contributed by atoms with E-state index >= 15 is 0 Å². The van der Waals surface area contributed by atoms with E-state index in [9.17, 15) is 4.79 Å². The molecule has 23 heavy (non-hydrogen) atoms. The van der Waals surface area contributed by atoms with E-state index in [1.807, 2.05) is 38.2 Å². The number of carbonyl (C=O) groups excluding carboxylic acids is 1. The fourth-order valence-electron chi connectivity index (χ4n) is 3.12. The van der Waals surface area contributed by atoms with E-state index in [-0.39, 0.29) is 17.9 Å². The Bertz CT molecular complexity index is 674. The van der Waals surface area contributed by atoms with Crippen LogP contribution in [-0.4, -0.2) is 32.3 Å². The SMILES string of the molecule is CC(C)c1cc(C(=O)N2CCCCC[C@H]2c2cnn(C)c2)no1. The molecule has 0 unspecified atom stereocenters. The Morgan fingerprint density at radius 2 is 2.17 bits per heavy atom. The normalized spacial score (nSPS) is 19.1. The summed E-state index contributed by atoms with van der Waals surface area (Å²) in [5.41, 5.74) is 1.50. The summed E-state index contributed by atoms with van der Waals surface area (Å²) >= 11 is 0. The lowest BCUT2D eigenvalue weighted by atomic mass is 10.0. The summed E-state index contributed by atoms with van der Waals surface area (Å²) in [5.74, 6) is 0.930. The van der Waals surface area contributed by atoms with Crippen LogP contribution in [-0.2, 0) is 7.05 Å². The van der Waals surface area contributed by atoms with E-state index in [1.54, 1.807) is 10.7 Å². The Kier molecular flexibility index (Phi) is 4.50. The van der Waals surface area contributed by atoms with Crippen LogP contribution in [0.1, 0.15) is 73.3 Å². The molecule has 3 heterocycles. The zero-order valence-electron chi connectivity index (χ0n) is 14.0. The number of aryl methyl sites for hydroxylation is 1. The molecule has 0 spiro atoms. The van der Waals surface area contributed by atoms with Crippen molar-refractivity contribution in [2.24, 2.45) is 7.05 Å². The van der Waals surface area contributed by atoms with Crippen molar-refractivity contribution in [2.45, 2.75) is 51.5 Å². The molecule has 1 fully saturated rings. The van der Waals surface area contributed by atoms with Crippen molar-refractivity contribution in [3.8, 4) is 0 Å². The predicted octanol–water partition coefficient (Wildman–Crippen LogP) is 3.29. The minimum absolute atomic E-state index is 0.0450. The van der Waals surface area contributed by atoms with E-state index in [0.717, 1.165) is 43.6 Å². The number of likely N-dealkylation sites (tertiary alicyclic amines) is 1. The molecule has 3 rings (SSSR count). The summed E-state index contributed by atoms with van der Waals surface area (Å²) in [6.07, 6.45) is 8.12. The van der Waals surface area contributed by atoms with Crippen LogP contribution in [0.5, 0.6) is 0 Å². The van der Waals surface area contributed by atoms with Crippen molar-refractivity contribution in [1.82, 2.24) is 19.8 Å². The summed E-state index contributed by atoms with van der Waals surface area (Å²) < 4.78 is 7.09. The first-order chi connectivity index (χ1) is 11.1. The molecule has 1 saturated heterocycles. The molecule has 1 amide bonds. The second-order valence-corrected chi connectivity index (χ2v) is 6.58. The van der Waals surface area contributed by atoms with Crippen molar-refractivity contribution >= 4 is 5.91 Å². The minimum Gasteiger partial charge on any atom is -0.360 e. The van der Waals surface area contributed by atoms with Gasteiger partial charge in [-0.3, -0.25) is 9.48 Å². The first kappa shape index (κ1) is 15.8. The van der Waals surface area contributed by atoms with Gasteiger partial charge in [-0.15, -0.1) is 0 Å². The Labute approximate surface area is 136 Å². The molecule has 0 aromatic carbocycles. The first-order valence-electron chi connectivity index (χ1n) is 8.32. The minimum atomic E-state index is -0.0450. The molecule has 0 saturated carbocycles. The molecule has 0 N–H and O–H groups in total. The third-order valence-corrected chi connectivity index (χ3v) is 4.44. The summed E-state index contributed by atoms with van der Waals surface area (Å²) in [4.78, 5) is 14.9. The van der Waals surface area contributed by atoms with E-state index in [4.69, 9.17) is 4.52 Å². The van der Waals surface area contributed by atoms with Crippen LogP contribution in [0.4, 0.5) is 0 Å². The predicted molar refractivity (Wildman–Crippen MR) is 86.0 cm³/mol. The Morgan fingerprint density at radius 3 is 2.83 bits per heavy atom. The average Bonchev–Trinajstić information content (AvgIpc) is 3.10. The van der Waals surface area contributed by atoms with Gasteiger partial charge in [0.2, 0.25) is 0 Å². The quantitative estimate of drug-likeness (QED) is 0.871. The number of amides is 1.